The zero-order valence-corrected chi connectivity index (χ0v) is 17.9. The van der Waals surface area contributed by atoms with Gasteiger partial charge >= 0.3 is 0 Å². The lowest BCUT2D eigenvalue weighted by Crippen LogP contribution is -2.15. The largest absolute Gasteiger partial charge is 0.495 e. The van der Waals surface area contributed by atoms with Crippen molar-refractivity contribution in [2.75, 3.05) is 29.2 Å². The number of nitrogens with one attached hydrogen (secondary N) is 2. The molecule has 2 aromatic rings. The Bertz CT molecular complexity index is 822. The molecule has 5 nitrogen and oxygen atoms in total. The maximum atomic E-state index is 12.1. The van der Waals surface area contributed by atoms with Crippen LogP contribution in [0.2, 0.25) is 5.02 Å². The van der Waals surface area contributed by atoms with Crippen molar-refractivity contribution in [3.8, 4) is 5.75 Å². The first-order valence-corrected chi connectivity index (χ1v) is 10.5. The summed E-state index contributed by atoms with van der Waals surface area (Å²) in [6.07, 6.45) is 1.14. The number of aryl methyl sites for hydroxylation is 2. The number of methoxy groups -OCH3 is 1. The average molecular weight is 421 g/mol. The Morgan fingerprint density at radius 3 is 2.43 bits per heavy atom. The zero-order valence-electron chi connectivity index (χ0n) is 16.3. The lowest BCUT2D eigenvalue weighted by Gasteiger charge is -2.11. The van der Waals surface area contributed by atoms with Gasteiger partial charge in [-0.1, -0.05) is 29.8 Å². The van der Waals surface area contributed by atoms with Crippen LogP contribution in [0, 0.1) is 13.8 Å². The number of halogens is 1. The molecule has 0 aliphatic carbocycles. The van der Waals surface area contributed by atoms with Gasteiger partial charge in [0.1, 0.15) is 5.75 Å². The zero-order chi connectivity index (χ0) is 20.5. The second-order valence-electron chi connectivity index (χ2n) is 6.37. The summed E-state index contributed by atoms with van der Waals surface area (Å²) in [6, 6.07) is 11.0. The summed E-state index contributed by atoms with van der Waals surface area (Å²) in [5.74, 6) is 1.51. The van der Waals surface area contributed by atoms with Crippen LogP contribution in [0.3, 0.4) is 0 Å². The Morgan fingerprint density at radius 2 is 1.79 bits per heavy atom. The molecule has 2 amide bonds. The van der Waals surface area contributed by atoms with Gasteiger partial charge in [-0.15, -0.1) is 0 Å². The van der Waals surface area contributed by atoms with Crippen molar-refractivity contribution in [3.63, 3.8) is 0 Å². The maximum absolute atomic E-state index is 12.1. The molecule has 0 fully saturated rings. The van der Waals surface area contributed by atoms with Crippen LogP contribution in [-0.2, 0) is 9.59 Å². The molecule has 0 bridgehead atoms. The molecule has 0 aliphatic heterocycles. The topological polar surface area (TPSA) is 67.4 Å². The summed E-state index contributed by atoms with van der Waals surface area (Å²) in [4.78, 5) is 24.1. The number of ether oxygens (including phenoxy) is 1. The highest BCUT2D eigenvalue weighted by Gasteiger charge is 2.08. The van der Waals surface area contributed by atoms with Crippen molar-refractivity contribution in [1.82, 2.24) is 0 Å². The van der Waals surface area contributed by atoms with Crippen LogP contribution in [0.4, 0.5) is 11.4 Å². The Balaban J connectivity index is 1.66. The number of amides is 2. The highest BCUT2D eigenvalue weighted by Crippen LogP contribution is 2.27. The van der Waals surface area contributed by atoms with Crippen LogP contribution in [0.5, 0.6) is 5.75 Å². The molecular formula is C21H25ClN2O3S. The van der Waals surface area contributed by atoms with Gasteiger partial charge in [0.2, 0.25) is 11.8 Å². The van der Waals surface area contributed by atoms with Crippen LogP contribution in [0.25, 0.3) is 0 Å². The van der Waals surface area contributed by atoms with E-state index in [-0.39, 0.29) is 11.8 Å². The minimum Gasteiger partial charge on any atom is -0.495 e. The molecule has 7 heteroatoms. The van der Waals surface area contributed by atoms with Gasteiger partial charge in [0.25, 0.3) is 0 Å². The van der Waals surface area contributed by atoms with E-state index in [4.69, 9.17) is 16.3 Å². The quantitative estimate of drug-likeness (QED) is 0.556. The van der Waals surface area contributed by atoms with Crippen LogP contribution in [-0.4, -0.2) is 30.4 Å². The standard InChI is InChI=1S/C21H25ClN2O3S/c1-14-6-4-7-15(2)21(14)24-19(25)8-5-11-28-13-20(26)23-16-9-10-18(27-3)17(22)12-16/h4,6-7,9-10,12H,5,8,11,13H2,1-3H3,(H,23,26)(H,24,25). The highest BCUT2D eigenvalue weighted by atomic mass is 35.5. The molecular weight excluding hydrogens is 396 g/mol. The number of rotatable bonds is 9. The number of hydrogen-bond donors (Lipinski definition) is 2. The third-order valence-corrected chi connectivity index (χ3v) is 5.45. The summed E-state index contributed by atoms with van der Waals surface area (Å²) in [5.41, 5.74) is 3.62. The van der Waals surface area contributed by atoms with Gasteiger partial charge < -0.3 is 15.4 Å². The maximum Gasteiger partial charge on any atom is 0.234 e. The molecule has 2 N–H and O–H groups in total. The minimum atomic E-state index is -0.105. The average Bonchev–Trinajstić information content (AvgIpc) is 2.65. The van der Waals surface area contributed by atoms with Crippen LogP contribution in [0.1, 0.15) is 24.0 Å². The monoisotopic (exact) mass is 420 g/mol. The van der Waals surface area contributed by atoms with Gasteiger partial charge in [-0.25, -0.2) is 0 Å². The number of anilines is 2. The predicted octanol–water partition coefficient (Wildman–Crippen LogP) is 5.06. The number of carbonyl (C=O) groups excluding carboxylic acids is 2. The van der Waals surface area contributed by atoms with Crippen molar-refractivity contribution in [2.45, 2.75) is 26.7 Å². The van der Waals surface area contributed by atoms with E-state index < -0.39 is 0 Å². The van der Waals surface area contributed by atoms with Crippen molar-refractivity contribution in [2.24, 2.45) is 0 Å². The molecule has 0 saturated carbocycles. The van der Waals surface area contributed by atoms with E-state index in [1.165, 1.54) is 11.8 Å². The number of benzene rings is 2. The van der Waals surface area contributed by atoms with Gasteiger partial charge in [-0.05, 0) is 55.3 Å². The van der Waals surface area contributed by atoms with E-state index in [1.807, 2.05) is 32.0 Å². The lowest BCUT2D eigenvalue weighted by atomic mass is 10.1. The van der Waals surface area contributed by atoms with Gasteiger partial charge in [-0.3, -0.25) is 9.59 Å². The molecule has 0 radical (unpaired) electrons. The second kappa shape index (κ2) is 11.0. The molecule has 0 saturated heterocycles. The van der Waals surface area contributed by atoms with Crippen LogP contribution >= 0.6 is 23.4 Å². The van der Waals surface area contributed by atoms with E-state index in [0.29, 0.717) is 35.1 Å². The normalized spacial score (nSPS) is 10.4. The third-order valence-electron chi connectivity index (χ3n) is 4.11. The fourth-order valence-corrected chi connectivity index (χ4v) is 3.66. The van der Waals surface area contributed by atoms with Crippen LogP contribution < -0.4 is 15.4 Å². The highest BCUT2D eigenvalue weighted by molar-refractivity contribution is 7.99. The fraction of sp³-hybridized carbons (Fsp3) is 0.333. The number of hydrogen-bond acceptors (Lipinski definition) is 4. The summed E-state index contributed by atoms with van der Waals surface area (Å²) in [7, 11) is 1.54. The molecule has 0 aromatic heterocycles. The first-order valence-electron chi connectivity index (χ1n) is 8.98. The summed E-state index contributed by atoms with van der Waals surface area (Å²) in [5, 5.41) is 6.22. The lowest BCUT2D eigenvalue weighted by molar-refractivity contribution is -0.116. The predicted molar refractivity (Wildman–Crippen MR) is 118 cm³/mol. The van der Waals surface area contributed by atoms with Crippen LogP contribution in [0.15, 0.2) is 36.4 Å². The molecule has 0 aliphatic rings. The smallest absolute Gasteiger partial charge is 0.234 e. The van der Waals surface area contributed by atoms with Crippen molar-refractivity contribution in [3.05, 3.63) is 52.5 Å². The van der Waals surface area contributed by atoms with Gasteiger partial charge in [0.05, 0.1) is 17.9 Å². The van der Waals surface area contributed by atoms with Gasteiger partial charge in [0.15, 0.2) is 0 Å². The SMILES string of the molecule is COc1ccc(NC(=O)CSCCCC(=O)Nc2c(C)cccc2C)cc1Cl. The molecule has 0 unspecified atom stereocenters. The molecule has 2 rings (SSSR count). The molecule has 0 heterocycles. The first kappa shape index (κ1) is 22.1. The molecule has 0 spiro atoms. The number of carbonyl (C=O) groups is 2. The summed E-state index contributed by atoms with van der Waals surface area (Å²) < 4.78 is 5.09. The first-order chi connectivity index (χ1) is 13.4. The molecule has 2 aromatic carbocycles. The van der Waals surface area contributed by atoms with Gasteiger partial charge in [-0.2, -0.15) is 11.8 Å². The minimum absolute atomic E-state index is 0.00433. The van der Waals surface area contributed by atoms with Crippen molar-refractivity contribution in [1.29, 1.82) is 0 Å². The van der Waals surface area contributed by atoms with Gasteiger partial charge in [0, 0.05) is 17.8 Å². The summed E-state index contributed by atoms with van der Waals surface area (Å²) >= 11 is 7.54. The Kier molecular flexibility index (Phi) is 8.67. The van der Waals surface area contributed by atoms with Crippen molar-refractivity contribution < 1.29 is 14.3 Å². The third kappa shape index (κ3) is 6.77. The van der Waals surface area contributed by atoms with E-state index in [1.54, 1.807) is 25.3 Å². The van der Waals surface area contributed by atoms with E-state index in [9.17, 15) is 9.59 Å². The number of thioether (sulfide) groups is 1. The fourth-order valence-electron chi connectivity index (χ4n) is 2.65. The molecule has 28 heavy (non-hydrogen) atoms. The Morgan fingerprint density at radius 1 is 1.07 bits per heavy atom. The van der Waals surface area contributed by atoms with Crippen molar-refractivity contribution >= 4 is 46.6 Å². The molecule has 150 valence electrons. The number of para-hydroxylation sites is 1. The molecule has 0 atom stereocenters. The van der Waals surface area contributed by atoms with E-state index in [2.05, 4.69) is 10.6 Å². The van der Waals surface area contributed by atoms with E-state index in [0.717, 1.165) is 22.6 Å². The second-order valence-corrected chi connectivity index (χ2v) is 7.88. The Labute approximate surface area is 175 Å². The summed E-state index contributed by atoms with van der Waals surface area (Å²) in [6.45, 7) is 3.96. The Hall–Kier alpha value is -2.18. The van der Waals surface area contributed by atoms with E-state index >= 15 is 0 Å².